The Morgan fingerprint density at radius 2 is 2.13 bits per heavy atom. The molecule has 7 heteroatoms. The highest BCUT2D eigenvalue weighted by atomic mass is 16.5. The van der Waals surface area contributed by atoms with E-state index in [0.717, 1.165) is 29.5 Å². The van der Waals surface area contributed by atoms with Gasteiger partial charge in [0.1, 0.15) is 17.9 Å². The van der Waals surface area contributed by atoms with Gasteiger partial charge in [0, 0.05) is 37.5 Å². The predicted octanol–water partition coefficient (Wildman–Crippen LogP) is 2.73. The molecule has 0 atom stereocenters. The van der Waals surface area contributed by atoms with Gasteiger partial charge in [0.05, 0.1) is 12.0 Å². The summed E-state index contributed by atoms with van der Waals surface area (Å²) < 4.78 is 11.0. The number of amides is 2. The number of carbonyl (C=O) groups is 2. The van der Waals surface area contributed by atoms with Crippen molar-refractivity contribution < 1.29 is 18.7 Å². The van der Waals surface area contributed by atoms with Crippen LogP contribution in [0.5, 0.6) is 5.75 Å². The van der Waals surface area contributed by atoms with E-state index in [0.29, 0.717) is 49.4 Å². The third-order valence-electron chi connectivity index (χ3n) is 5.18. The molecule has 160 valence electrons. The quantitative estimate of drug-likeness (QED) is 0.389. The van der Waals surface area contributed by atoms with Crippen LogP contribution in [-0.4, -0.2) is 43.0 Å². The number of ether oxygens (including phenoxy) is 1. The Morgan fingerprint density at radius 3 is 2.83 bits per heavy atom. The van der Waals surface area contributed by atoms with E-state index in [-0.39, 0.29) is 18.2 Å². The van der Waals surface area contributed by atoms with Crippen LogP contribution in [0.3, 0.4) is 0 Å². The van der Waals surface area contributed by atoms with Gasteiger partial charge in [-0.3, -0.25) is 9.59 Å². The summed E-state index contributed by atoms with van der Waals surface area (Å²) in [5.74, 6) is 0.535. The minimum absolute atomic E-state index is 0.0410. The van der Waals surface area contributed by atoms with Crippen LogP contribution in [0.1, 0.15) is 37.3 Å². The maximum absolute atomic E-state index is 12.5. The molecule has 2 heterocycles. The van der Waals surface area contributed by atoms with Gasteiger partial charge in [-0.05, 0) is 50.0 Å². The van der Waals surface area contributed by atoms with Gasteiger partial charge in [-0.1, -0.05) is 6.58 Å². The fourth-order valence-electron chi connectivity index (χ4n) is 3.54. The van der Waals surface area contributed by atoms with Gasteiger partial charge in [0.25, 0.3) is 0 Å². The number of hydrogen-bond acceptors (Lipinski definition) is 5. The Hall–Kier alpha value is -3.09. The van der Waals surface area contributed by atoms with E-state index in [1.54, 1.807) is 6.07 Å². The highest BCUT2D eigenvalue weighted by Gasteiger charge is 2.19. The molecule has 2 aromatic rings. The second-order valence-electron chi connectivity index (χ2n) is 7.76. The lowest BCUT2D eigenvalue weighted by Crippen LogP contribution is -2.32. The third kappa shape index (κ3) is 5.28. The molecule has 2 amide bonds. The number of likely N-dealkylation sites (tertiary alicyclic amines) is 1. The smallest absolute Gasteiger partial charge is 0.340 e. The summed E-state index contributed by atoms with van der Waals surface area (Å²) in [5.41, 5.74) is 1.88. The van der Waals surface area contributed by atoms with Crippen molar-refractivity contribution >= 4 is 22.8 Å². The fourth-order valence-corrected chi connectivity index (χ4v) is 3.54. The lowest BCUT2D eigenvalue weighted by molar-refractivity contribution is -0.127. The van der Waals surface area contributed by atoms with Gasteiger partial charge in [-0.25, -0.2) is 4.79 Å². The van der Waals surface area contributed by atoms with Crippen LogP contribution in [0.15, 0.2) is 39.6 Å². The van der Waals surface area contributed by atoms with Crippen molar-refractivity contribution in [3.05, 3.63) is 51.9 Å². The molecular weight excluding hydrogens is 384 g/mol. The molecule has 0 bridgehead atoms. The third-order valence-corrected chi connectivity index (χ3v) is 5.18. The second kappa shape index (κ2) is 9.61. The Kier molecular flexibility index (Phi) is 6.92. The van der Waals surface area contributed by atoms with Gasteiger partial charge in [0.15, 0.2) is 0 Å². The molecule has 1 aromatic carbocycles. The van der Waals surface area contributed by atoms with Crippen molar-refractivity contribution in [1.29, 1.82) is 0 Å². The maximum Gasteiger partial charge on any atom is 0.340 e. The topological polar surface area (TPSA) is 88.9 Å². The van der Waals surface area contributed by atoms with Gasteiger partial charge >= 0.3 is 5.63 Å². The summed E-state index contributed by atoms with van der Waals surface area (Å²) in [5, 5.41) is 3.59. The number of aryl methyl sites for hydroxylation is 1. The van der Waals surface area contributed by atoms with Crippen LogP contribution in [0.2, 0.25) is 0 Å². The standard InChI is InChI=1S/C23H28N2O5/c1-15(2)14-29-17-7-8-18-16(3)19(23(28)30-20(18)12-17)13-21(26)24-9-5-11-25-10-4-6-22(25)27/h7-8,12H,1,4-6,9-11,13-14H2,2-3H3,(H,24,26). The first-order valence-corrected chi connectivity index (χ1v) is 10.2. The Balaban J connectivity index is 1.61. The van der Waals surface area contributed by atoms with Crippen LogP contribution in [0.25, 0.3) is 11.0 Å². The van der Waals surface area contributed by atoms with Gasteiger partial charge < -0.3 is 19.4 Å². The van der Waals surface area contributed by atoms with E-state index >= 15 is 0 Å². The molecule has 0 unspecified atom stereocenters. The molecule has 30 heavy (non-hydrogen) atoms. The molecule has 1 N–H and O–H groups in total. The van der Waals surface area contributed by atoms with Crippen molar-refractivity contribution in [1.82, 2.24) is 10.2 Å². The summed E-state index contributed by atoms with van der Waals surface area (Å²) in [6, 6.07) is 5.31. The molecule has 1 fully saturated rings. The molecule has 7 nitrogen and oxygen atoms in total. The summed E-state index contributed by atoms with van der Waals surface area (Å²) in [7, 11) is 0. The summed E-state index contributed by atoms with van der Waals surface area (Å²) in [4.78, 5) is 38.2. The Labute approximate surface area is 175 Å². The largest absolute Gasteiger partial charge is 0.489 e. The van der Waals surface area contributed by atoms with E-state index in [1.807, 2.05) is 30.9 Å². The summed E-state index contributed by atoms with van der Waals surface area (Å²) >= 11 is 0. The minimum atomic E-state index is -0.519. The highest BCUT2D eigenvalue weighted by Crippen LogP contribution is 2.24. The minimum Gasteiger partial charge on any atom is -0.489 e. The molecule has 0 radical (unpaired) electrons. The van der Waals surface area contributed by atoms with Crippen molar-refractivity contribution in [3.8, 4) is 5.75 Å². The molecule has 1 saturated heterocycles. The number of rotatable bonds is 9. The molecule has 3 rings (SSSR count). The first kappa shape index (κ1) is 21.6. The zero-order chi connectivity index (χ0) is 21.7. The fraction of sp³-hybridized carbons (Fsp3) is 0.435. The first-order chi connectivity index (χ1) is 14.3. The molecule has 1 aliphatic heterocycles. The van der Waals surface area contributed by atoms with E-state index in [1.165, 1.54) is 0 Å². The number of nitrogens with one attached hydrogen (secondary N) is 1. The lowest BCUT2D eigenvalue weighted by Gasteiger charge is -2.15. The van der Waals surface area contributed by atoms with E-state index in [9.17, 15) is 14.4 Å². The maximum atomic E-state index is 12.5. The monoisotopic (exact) mass is 412 g/mol. The van der Waals surface area contributed by atoms with Crippen LogP contribution in [0, 0.1) is 6.92 Å². The van der Waals surface area contributed by atoms with Crippen molar-refractivity contribution in [2.24, 2.45) is 0 Å². The Bertz CT molecular complexity index is 1020. The zero-order valence-electron chi connectivity index (χ0n) is 17.6. The average molecular weight is 412 g/mol. The number of benzene rings is 1. The van der Waals surface area contributed by atoms with Crippen molar-refractivity contribution in [2.45, 2.75) is 39.5 Å². The predicted molar refractivity (Wildman–Crippen MR) is 115 cm³/mol. The van der Waals surface area contributed by atoms with Crippen LogP contribution in [-0.2, 0) is 16.0 Å². The van der Waals surface area contributed by atoms with E-state index in [2.05, 4.69) is 11.9 Å². The molecule has 1 aliphatic rings. The van der Waals surface area contributed by atoms with Gasteiger partial charge in [-0.15, -0.1) is 0 Å². The number of nitrogens with zero attached hydrogens (tertiary/aromatic N) is 1. The average Bonchev–Trinajstić information content (AvgIpc) is 3.11. The van der Waals surface area contributed by atoms with Gasteiger partial charge in [-0.2, -0.15) is 0 Å². The van der Waals surface area contributed by atoms with Crippen LogP contribution in [0.4, 0.5) is 0 Å². The number of fused-ring (bicyclic) bond motifs is 1. The highest BCUT2D eigenvalue weighted by molar-refractivity contribution is 5.85. The SMILES string of the molecule is C=C(C)COc1ccc2c(C)c(CC(=O)NCCCN3CCCC3=O)c(=O)oc2c1. The molecule has 0 spiro atoms. The molecule has 0 saturated carbocycles. The summed E-state index contributed by atoms with van der Waals surface area (Å²) in [6.07, 6.45) is 2.17. The lowest BCUT2D eigenvalue weighted by atomic mass is 10.0. The zero-order valence-corrected chi connectivity index (χ0v) is 17.6. The second-order valence-corrected chi connectivity index (χ2v) is 7.76. The van der Waals surface area contributed by atoms with Crippen LogP contribution < -0.4 is 15.7 Å². The van der Waals surface area contributed by atoms with Gasteiger partial charge in [0.2, 0.25) is 11.8 Å². The number of carbonyl (C=O) groups excluding carboxylic acids is 2. The van der Waals surface area contributed by atoms with Crippen molar-refractivity contribution in [3.63, 3.8) is 0 Å². The molecule has 0 aliphatic carbocycles. The molecular formula is C23H28N2O5. The molecule has 1 aromatic heterocycles. The van der Waals surface area contributed by atoms with E-state index < -0.39 is 5.63 Å². The normalized spacial score (nSPS) is 13.7. The Morgan fingerprint density at radius 1 is 1.33 bits per heavy atom. The van der Waals surface area contributed by atoms with E-state index in [4.69, 9.17) is 9.15 Å². The van der Waals surface area contributed by atoms with Crippen LogP contribution >= 0.6 is 0 Å². The summed E-state index contributed by atoms with van der Waals surface area (Å²) in [6.45, 7) is 9.77. The first-order valence-electron chi connectivity index (χ1n) is 10.2. The van der Waals surface area contributed by atoms with Crippen molar-refractivity contribution in [2.75, 3.05) is 26.2 Å². The number of hydrogen-bond donors (Lipinski definition) is 1.